The Morgan fingerprint density at radius 1 is 1.50 bits per heavy atom. The summed E-state index contributed by atoms with van der Waals surface area (Å²) in [5.41, 5.74) is 0.410. The number of aromatic nitrogens is 1. The average Bonchev–Trinajstić information content (AvgIpc) is 2.56. The van der Waals surface area contributed by atoms with E-state index in [0.717, 1.165) is 0 Å². The molecule has 18 heavy (non-hydrogen) atoms. The van der Waals surface area contributed by atoms with Crippen molar-refractivity contribution < 1.29 is 14.7 Å². The number of amides is 1. The maximum atomic E-state index is 11.8. The third-order valence-corrected chi connectivity index (χ3v) is 3.02. The molecular formula is C12H17ClN2O3. The number of halogens is 1. The Morgan fingerprint density at radius 2 is 2.11 bits per heavy atom. The number of carboxylic acids is 1. The van der Waals surface area contributed by atoms with Gasteiger partial charge in [-0.3, -0.25) is 9.59 Å². The minimum absolute atomic E-state index is 0.0419. The van der Waals surface area contributed by atoms with Gasteiger partial charge in [-0.2, -0.15) is 0 Å². The van der Waals surface area contributed by atoms with Crippen LogP contribution in [-0.4, -0.2) is 28.1 Å². The van der Waals surface area contributed by atoms with Crippen molar-refractivity contribution in [1.82, 2.24) is 9.88 Å². The van der Waals surface area contributed by atoms with Crippen molar-refractivity contribution in [2.75, 3.05) is 6.54 Å². The standard InChI is InChI=1S/C12H17ClN2O3/c1-7(2)9(12(17)18)5-14-11(16)10-4-8(13)6-15(10)3/h4,6-7,9H,5H2,1-3H3,(H,14,16)(H,17,18). The Balaban J connectivity index is 2.66. The molecule has 5 nitrogen and oxygen atoms in total. The van der Waals surface area contributed by atoms with Crippen LogP contribution in [0.15, 0.2) is 12.3 Å². The molecule has 2 N–H and O–H groups in total. The van der Waals surface area contributed by atoms with Gasteiger partial charge < -0.3 is 15.0 Å². The lowest BCUT2D eigenvalue weighted by Crippen LogP contribution is -2.36. The second-order valence-corrected chi connectivity index (χ2v) is 4.99. The monoisotopic (exact) mass is 272 g/mol. The van der Waals surface area contributed by atoms with Gasteiger partial charge in [0.1, 0.15) is 5.69 Å². The van der Waals surface area contributed by atoms with Crippen LogP contribution >= 0.6 is 11.6 Å². The van der Waals surface area contributed by atoms with Gasteiger partial charge in [0, 0.05) is 19.8 Å². The lowest BCUT2D eigenvalue weighted by molar-refractivity contribution is -0.142. The Labute approximate surface area is 111 Å². The highest BCUT2D eigenvalue weighted by Crippen LogP contribution is 2.13. The molecule has 0 bridgehead atoms. The maximum Gasteiger partial charge on any atom is 0.308 e. The van der Waals surface area contributed by atoms with Gasteiger partial charge in [-0.15, -0.1) is 0 Å². The number of carboxylic acid groups (broad SMARTS) is 1. The molecule has 1 heterocycles. The van der Waals surface area contributed by atoms with E-state index in [1.807, 2.05) is 13.8 Å². The Hall–Kier alpha value is -1.49. The molecular weight excluding hydrogens is 256 g/mol. The van der Waals surface area contributed by atoms with E-state index in [2.05, 4.69) is 5.32 Å². The fraction of sp³-hybridized carbons (Fsp3) is 0.500. The molecule has 0 aliphatic heterocycles. The Kier molecular flexibility index (Phi) is 4.78. The van der Waals surface area contributed by atoms with Gasteiger partial charge in [-0.25, -0.2) is 0 Å². The van der Waals surface area contributed by atoms with Crippen molar-refractivity contribution in [3.8, 4) is 0 Å². The van der Waals surface area contributed by atoms with E-state index in [0.29, 0.717) is 10.7 Å². The first kappa shape index (κ1) is 14.6. The average molecular weight is 273 g/mol. The molecule has 1 amide bonds. The first-order valence-corrected chi connectivity index (χ1v) is 6.03. The van der Waals surface area contributed by atoms with Crippen LogP contribution in [0.3, 0.4) is 0 Å². The molecule has 1 unspecified atom stereocenters. The molecule has 1 aromatic rings. The number of hydrogen-bond donors (Lipinski definition) is 2. The summed E-state index contributed by atoms with van der Waals surface area (Å²) in [7, 11) is 1.71. The van der Waals surface area contributed by atoms with Gasteiger partial charge in [0.05, 0.1) is 10.9 Å². The van der Waals surface area contributed by atoms with E-state index in [-0.39, 0.29) is 18.4 Å². The summed E-state index contributed by atoms with van der Waals surface area (Å²) in [5, 5.41) is 12.1. The zero-order chi connectivity index (χ0) is 13.9. The lowest BCUT2D eigenvalue weighted by atomic mass is 9.96. The van der Waals surface area contributed by atoms with Gasteiger partial charge in [0.15, 0.2) is 0 Å². The van der Waals surface area contributed by atoms with Gasteiger partial charge in [0.25, 0.3) is 5.91 Å². The molecule has 100 valence electrons. The Bertz CT molecular complexity index is 454. The van der Waals surface area contributed by atoms with Crippen LogP contribution in [0.4, 0.5) is 0 Å². The topological polar surface area (TPSA) is 71.3 Å². The normalized spacial score (nSPS) is 12.5. The number of nitrogens with zero attached hydrogens (tertiary/aromatic N) is 1. The van der Waals surface area contributed by atoms with Crippen molar-refractivity contribution in [3.05, 3.63) is 23.0 Å². The fourth-order valence-corrected chi connectivity index (χ4v) is 1.90. The minimum Gasteiger partial charge on any atom is -0.481 e. The van der Waals surface area contributed by atoms with Crippen LogP contribution in [0.2, 0.25) is 5.02 Å². The van der Waals surface area contributed by atoms with E-state index in [1.165, 1.54) is 0 Å². The second-order valence-electron chi connectivity index (χ2n) is 4.55. The lowest BCUT2D eigenvalue weighted by Gasteiger charge is -2.16. The minimum atomic E-state index is -0.907. The van der Waals surface area contributed by atoms with Crippen molar-refractivity contribution in [2.24, 2.45) is 18.9 Å². The summed E-state index contributed by atoms with van der Waals surface area (Å²) < 4.78 is 1.60. The number of aryl methyl sites for hydroxylation is 1. The molecule has 1 atom stereocenters. The maximum absolute atomic E-state index is 11.8. The van der Waals surface area contributed by atoms with E-state index < -0.39 is 11.9 Å². The predicted octanol–water partition coefficient (Wildman–Crippen LogP) is 1.77. The zero-order valence-electron chi connectivity index (χ0n) is 10.6. The van der Waals surface area contributed by atoms with Crippen LogP contribution in [-0.2, 0) is 11.8 Å². The SMILES string of the molecule is CC(C)C(CNC(=O)c1cc(Cl)cn1C)C(=O)O. The van der Waals surface area contributed by atoms with Crippen molar-refractivity contribution in [3.63, 3.8) is 0 Å². The highest BCUT2D eigenvalue weighted by Gasteiger charge is 2.22. The van der Waals surface area contributed by atoms with E-state index >= 15 is 0 Å². The molecule has 0 aliphatic carbocycles. The molecule has 0 radical (unpaired) electrons. The smallest absolute Gasteiger partial charge is 0.308 e. The van der Waals surface area contributed by atoms with Crippen LogP contribution in [0.25, 0.3) is 0 Å². The predicted molar refractivity (Wildman–Crippen MR) is 68.7 cm³/mol. The first-order valence-electron chi connectivity index (χ1n) is 5.65. The van der Waals surface area contributed by atoms with Crippen molar-refractivity contribution in [1.29, 1.82) is 0 Å². The number of rotatable bonds is 5. The number of carbonyl (C=O) groups is 2. The summed E-state index contributed by atoms with van der Waals surface area (Å²) in [6.45, 7) is 3.73. The molecule has 0 aromatic carbocycles. The molecule has 0 spiro atoms. The van der Waals surface area contributed by atoms with Gasteiger partial charge >= 0.3 is 5.97 Å². The number of carbonyl (C=O) groups excluding carboxylic acids is 1. The van der Waals surface area contributed by atoms with Crippen LogP contribution in [0, 0.1) is 11.8 Å². The zero-order valence-corrected chi connectivity index (χ0v) is 11.4. The Morgan fingerprint density at radius 3 is 2.50 bits per heavy atom. The van der Waals surface area contributed by atoms with Gasteiger partial charge in [0.2, 0.25) is 0 Å². The molecule has 6 heteroatoms. The van der Waals surface area contributed by atoms with Crippen LogP contribution in [0.5, 0.6) is 0 Å². The third kappa shape index (κ3) is 3.50. The molecule has 0 aliphatic rings. The summed E-state index contributed by atoms with van der Waals surface area (Å²) in [5.74, 6) is -1.86. The molecule has 0 saturated carbocycles. The molecule has 0 fully saturated rings. The van der Waals surface area contributed by atoms with Crippen molar-refractivity contribution >= 4 is 23.5 Å². The largest absolute Gasteiger partial charge is 0.481 e. The van der Waals surface area contributed by atoms with Gasteiger partial charge in [-0.1, -0.05) is 25.4 Å². The molecule has 1 rings (SSSR count). The third-order valence-electron chi connectivity index (χ3n) is 2.81. The second kappa shape index (κ2) is 5.91. The first-order chi connectivity index (χ1) is 8.32. The summed E-state index contributed by atoms with van der Waals surface area (Å²) in [4.78, 5) is 22.8. The van der Waals surface area contributed by atoms with E-state index in [1.54, 1.807) is 23.9 Å². The fourth-order valence-electron chi connectivity index (χ4n) is 1.65. The highest BCUT2D eigenvalue weighted by molar-refractivity contribution is 6.31. The van der Waals surface area contributed by atoms with Crippen LogP contribution in [0.1, 0.15) is 24.3 Å². The summed E-state index contributed by atoms with van der Waals surface area (Å²) >= 11 is 5.78. The van der Waals surface area contributed by atoms with Crippen molar-refractivity contribution in [2.45, 2.75) is 13.8 Å². The quantitative estimate of drug-likeness (QED) is 0.858. The summed E-state index contributed by atoms with van der Waals surface area (Å²) in [6, 6.07) is 1.54. The van der Waals surface area contributed by atoms with Gasteiger partial charge in [-0.05, 0) is 12.0 Å². The van der Waals surface area contributed by atoms with E-state index in [9.17, 15) is 9.59 Å². The molecule has 0 saturated heterocycles. The number of aliphatic carboxylic acids is 1. The van der Waals surface area contributed by atoms with Crippen LogP contribution < -0.4 is 5.32 Å². The molecule has 1 aromatic heterocycles. The highest BCUT2D eigenvalue weighted by atomic mass is 35.5. The van der Waals surface area contributed by atoms with E-state index in [4.69, 9.17) is 16.7 Å². The number of nitrogens with one attached hydrogen (secondary N) is 1. The number of hydrogen-bond acceptors (Lipinski definition) is 2. The summed E-state index contributed by atoms with van der Waals surface area (Å²) in [6.07, 6.45) is 1.62.